The summed E-state index contributed by atoms with van der Waals surface area (Å²) >= 11 is 0. The smallest absolute Gasteiger partial charge is 0.138 e. The molecule has 0 saturated heterocycles. The molecule has 0 amide bonds. The molecule has 2 atom stereocenters. The Morgan fingerprint density at radius 1 is 1.35 bits per heavy atom. The molecule has 0 bridgehead atoms. The van der Waals surface area contributed by atoms with E-state index in [1.54, 1.807) is 6.33 Å². The molecule has 2 unspecified atom stereocenters. The van der Waals surface area contributed by atoms with Gasteiger partial charge in [-0.05, 0) is 37.8 Å². The van der Waals surface area contributed by atoms with E-state index in [9.17, 15) is 5.11 Å². The summed E-state index contributed by atoms with van der Waals surface area (Å²) in [6.07, 6.45) is 3.84. The molecule has 0 saturated carbocycles. The monoisotopic (exact) mass is 271 g/mol. The number of hydrogen-bond acceptors (Lipinski definition) is 3. The second-order valence-electron chi connectivity index (χ2n) is 5.83. The summed E-state index contributed by atoms with van der Waals surface area (Å²) in [7, 11) is 0. The summed E-state index contributed by atoms with van der Waals surface area (Å²) in [5.74, 6) is 1.10. The molecule has 1 aromatic heterocycles. The van der Waals surface area contributed by atoms with Crippen LogP contribution < -0.4 is 0 Å². The van der Waals surface area contributed by atoms with E-state index in [-0.39, 0.29) is 18.1 Å². The number of nitrogens with zero attached hydrogens (tertiary/aromatic N) is 3. The van der Waals surface area contributed by atoms with Crippen LogP contribution in [0.1, 0.15) is 49.2 Å². The maximum absolute atomic E-state index is 10.6. The van der Waals surface area contributed by atoms with Gasteiger partial charge in [0.2, 0.25) is 0 Å². The molecule has 4 nitrogen and oxygen atoms in total. The predicted octanol–water partition coefficient (Wildman–Crippen LogP) is 2.49. The van der Waals surface area contributed by atoms with Gasteiger partial charge in [0.25, 0.3) is 0 Å². The average molecular weight is 271 g/mol. The third-order valence-corrected chi connectivity index (χ3v) is 4.17. The van der Waals surface area contributed by atoms with Gasteiger partial charge in [-0.25, -0.2) is 9.67 Å². The summed E-state index contributed by atoms with van der Waals surface area (Å²) < 4.78 is 1.89. The molecule has 2 aromatic rings. The Hall–Kier alpha value is -1.68. The van der Waals surface area contributed by atoms with Gasteiger partial charge in [0.05, 0.1) is 6.10 Å². The van der Waals surface area contributed by atoms with Crippen molar-refractivity contribution in [2.75, 3.05) is 0 Å². The van der Waals surface area contributed by atoms with Crippen LogP contribution in [0.3, 0.4) is 0 Å². The molecule has 106 valence electrons. The third-order valence-electron chi connectivity index (χ3n) is 4.17. The highest BCUT2D eigenvalue weighted by Crippen LogP contribution is 2.36. The Balaban J connectivity index is 1.78. The number of aromatic nitrogens is 3. The first kappa shape index (κ1) is 13.3. The van der Waals surface area contributed by atoms with Gasteiger partial charge in [0.15, 0.2) is 0 Å². The molecule has 0 radical (unpaired) electrons. The minimum absolute atomic E-state index is 0.225. The Kier molecular flexibility index (Phi) is 3.57. The van der Waals surface area contributed by atoms with Gasteiger partial charge in [-0.3, -0.25) is 0 Å². The van der Waals surface area contributed by atoms with E-state index in [4.69, 9.17) is 0 Å². The Morgan fingerprint density at radius 3 is 2.95 bits per heavy atom. The number of rotatable bonds is 4. The molecule has 0 spiro atoms. The van der Waals surface area contributed by atoms with Crippen LogP contribution in [0.4, 0.5) is 0 Å². The fourth-order valence-corrected chi connectivity index (χ4v) is 3.17. The topological polar surface area (TPSA) is 50.9 Å². The van der Waals surface area contributed by atoms with Crippen molar-refractivity contribution in [3.8, 4) is 0 Å². The number of aryl methyl sites for hydroxylation is 1. The van der Waals surface area contributed by atoms with Gasteiger partial charge in [-0.15, -0.1) is 0 Å². The first-order valence-corrected chi connectivity index (χ1v) is 7.31. The van der Waals surface area contributed by atoms with Gasteiger partial charge >= 0.3 is 0 Å². The molecule has 0 aliphatic heterocycles. The summed E-state index contributed by atoms with van der Waals surface area (Å²) in [5.41, 5.74) is 2.68. The Labute approximate surface area is 119 Å². The van der Waals surface area contributed by atoms with Crippen molar-refractivity contribution in [2.45, 2.75) is 51.2 Å². The van der Waals surface area contributed by atoms with Crippen LogP contribution in [0.5, 0.6) is 0 Å². The van der Waals surface area contributed by atoms with E-state index < -0.39 is 0 Å². The van der Waals surface area contributed by atoms with Crippen LogP contribution in [-0.2, 0) is 12.8 Å². The van der Waals surface area contributed by atoms with E-state index in [2.05, 4.69) is 48.2 Å². The molecule has 4 heteroatoms. The molecule has 20 heavy (non-hydrogen) atoms. The number of fused-ring (bicyclic) bond motifs is 1. The zero-order valence-electron chi connectivity index (χ0n) is 12.0. The lowest BCUT2D eigenvalue weighted by molar-refractivity contribution is 0.139. The van der Waals surface area contributed by atoms with Crippen molar-refractivity contribution < 1.29 is 5.11 Å². The van der Waals surface area contributed by atoms with Crippen LogP contribution in [0.15, 0.2) is 30.6 Å². The van der Waals surface area contributed by atoms with Gasteiger partial charge in [0, 0.05) is 18.4 Å². The summed E-state index contributed by atoms with van der Waals surface area (Å²) in [6, 6.07) is 8.71. The minimum atomic E-state index is -0.389. The first-order valence-electron chi connectivity index (χ1n) is 7.31. The fourth-order valence-electron chi connectivity index (χ4n) is 3.17. The van der Waals surface area contributed by atoms with Crippen LogP contribution in [0.25, 0.3) is 0 Å². The first-order chi connectivity index (χ1) is 9.66. The maximum Gasteiger partial charge on any atom is 0.138 e. The van der Waals surface area contributed by atoms with Gasteiger partial charge < -0.3 is 5.11 Å². The Bertz CT molecular complexity index is 591. The fraction of sp³-hybridized carbons (Fsp3) is 0.500. The molecular weight excluding hydrogens is 250 g/mol. The summed E-state index contributed by atoms with van der Waals surface area (Å²) in [6.45, 7) is 4.16. The predicted molar refractivity (Wildman–Crippen MR) is 77.6 cm³/mol. The second kappa shape index (κ2) is 5.37. The van der Waals surface area contributed by atoms with Crippen LogP contribution in [-0.4, -0.2) is 26.0 Å². The summed E-state index contributed by atoms with van der Waals surface area (Å²) in [4.78, 5) is 4.30. The third kappa shape index (κ3) is 2.36. The van der Waals surface area contributed by atoms with Gasteiger partial charge in [0.1, 0.15) is 12.2 Å². The molecule has 3 rings (SSSR count). The van der Waals surface area contributed by atoms with Crippen molar-refractivity contribution in [2.24, 2.45) is 0 Å². The number of aliphatic hydroxyl groups excluding tert-OH is 1. The lowest BCUT2D eigenvalue weighted by Crippen LogP contribution is -2.22. The normalized spacial score (nSPS) is 19.3. The molecule has 0 fully saturated rings. The standard InChI is InChI=1S/C16H21N3O/c1-11(2)19-16(17-10-18-19)9-15(20)14-8-7-12-5-3-4-6-13(12)14/h3-6,10-11,14-15,20H,7-9H2,1-2H3. The lowest BCUT2D eigenvalue weighted by Gasteiger charge is -2.19. The molecule has 1 aromatic carbocycles. The van der Waals surface area contributed by atoms with E-state index in [1.165, 1.54) is 11.1 Å². The van der Waals surface area contributed by atoms with Crippen molar-refractivity contribution >= 4 is 0 Å². The zero-order chi connectivity index (χ0) is 14.1. The quantitative estimate of drug-likeness (QED) is 0.929. The van der Waals surface area contributed by atoms with Crippen molar-refractivity contribution in [1.82, 2.24) is 14.8 Å². The molecule has 1 N–H and O–H groups in total. The van der Waals surface area contributed by atoms with Crippen molar-refractivity contribution in [3.05, 3.63) is 47.5 Å². The minimum Gasteiger partial charge on any atom is -0.392 e. The number of hydrogen-bond donors (Lipinski definition) is 1. The lowest BCUT2D eigenvalue weighted by atomic mass is 9.93. The Morgan fingerprint density at radius 2 is 2.15 bits per heavy atom. The SMILES string of the molecule is CC(C)n1ncnc1CC(O)C1CCc2ccccc21. The highest BCUT2D eigenvalue weighted by molar-refractivity contribution is 5.35. The molecular formula is C16H21N3O. The van der Waals surface area contributed by atoms with Crippen molar-refractivity contribution in [3.63, 3.8) is 0 Å². The number of aliphatic hydroxyl groups is 1. The van der Waals surface area contributed by atoms with Crippen molar-refractivity contribution in [1.29, 1.82) is 0 Å². The van der Waals surface area contributed by atoms with Gasteiger partial charge in [-0.1, -0.05) is 24.3 Å². The summed E-state index contributed by atoms with van der Waals surface area (Å²) in [5, 5.41) is 14.8. The average Bonchev–Trinajstić information content (AvgIpc) is 3.04. The maximum atomic E-state index is 10.6. The van der Waals surface area contributed by atoms with Crippen LogP contribution in [0.2, 0.25) is 0 Å². The largest absolute Gasteiger partial charge is 0.392 e. The second-order valence-corrected chi connectivity index (χ2v) is 5.83. The zero-order valence-corrected chi connectivity index (χ0v) is 12.0. The highest BCUT2D eigenvalue weighted by atomic mass is 16.3. The van der Waals surface area contributed by atoms with E-state index in [0.29, 0.717) is 6.42 Å². The van der Waals surface area contributed by atoms with E-state index in [0.717, 1.165) is 18.7 Å². The molecule has 1 heterocycles. The van der Waals surface area contributed by atoms with Crippen LogP contribution >= 0.6 is 0 Å². The molecule has 1 aliphatic carbocycles. The van der Waals surface area contributed by atoms with E-state index in [1.807, 2.05) is 4.68 Å². The molecule has 1 aliphatic rings. The number of benzene rings is 1. The van der Waals surface area contributed by atoms with E-state index >= 15 is 0 Å². The van der Waals surface area contributed by atoms with Gasteiger partial charge in [-0.2, -0.15) is 5.10 Å². The van der Waals surface area contributed by atoms with Crippen LogP contribution in [0, 0.1) is 0 Å². The highest BCUT2D eigenvalue weighted by Gasteiger charge is 2.29.